The summed E-state index contributed by atoms with van der Waals surface area (Å²) >= 11 is 0.902. The Labute approximate surface area is 105 Å². The number of halogens is 3. The van der Waals surface area contributed by atoms with Crippen LogP contribution in [0.2, 0.25) is 0 Å². The van der Waals surface area contributed by atoms with Gasteiger partial charge in [0.2, 0.25) is 0 Å². The van der Waals surface area contributed by atoms with Crippen LogP contribution in [0.15, 0.2) is 29.6 Å². The Kier molecular flexibility index (Phi) is 3.42. The van der Waals surface area contributed by atoms with E-state index in [4.69, 9.17) is 4.74 Å². The summed E-state index contributed by atoms with van der Waals surface area (Å²) in [7, 11) is 1.52. The van der Waals surface area contributed by atoms with Gasteiger partial charge in [0.25, 0.3) is 0 Å². The second kappa shape index (κ2) is 4.85. The molecule has 0 spiro atoms. The first-order valence-electron chi connectivity index (χ1n) is 4.93. The fraction of sp³-hybridized carbons (Fsp3) is 0.182. The van der Waals surface area contributed by atoms with Gasteiger partial charge in [-0.15, -0.1) is 11.3 Å². The van der Waals surface area contributed by atoms with Crippen LogP contribution in [0.3, 0.4) is 0 Å². The normalized spacial score (nSPS) is 11.3. The fourth-order valence-corrected chi connectivity index (χ4v) is 2.02. The Morgan fingerprint density at radius 2 is 2.11 bits per heavy atom. The molecule has 2 rings (SSSR count). The van der Waals surface area contributed by atoms with Crippen molar-refractivity contribution < 1.29 is 17.9 Å². The van der Waals surface area contributed by atoms with Crippen LogP contribution in [0.5, 0.6) is 5.75 Å². The number of alkyl halides is 3. The molecule has 0 aliphatic carbocycles. The van der Waals surface area contributed by atoms with Gasteiger partial charge in [0.05, 0.1) is 7.11 Å². The summed E-state index contributed by atoms with van der Waals surface area (Å²) in [6.45, 7) is 0. The maximum atomic E-state index is 12.4. The molecule has 1 aromatic heterocycles. The maximum absolute atomic E-state index is 12.4. The second-order valence-corrected chi connectivity index (χ2v) is 4.25. The Bertz CT molecular complexity index is 539. The van der Waals surface area contributed by atoms with Crippen LogP contribution in [0, 0.1) is 0 Å². The Balaban J connectivity index is 2.16. The highest BCUT2D eigenvalue weighted by Crippen LogP contribution is 2.32. The summed E-state index contributed by atoms with van der Waals surface area (Å²) in [5.74, 6) is 0.618. The largest absolute Gasteiger partial charge is 0.497 e. The third-order valence-corrected chi connectivity index (χ3v) is 2.87. The number of benzene rings is 1. The van der Waals surface area contributed by atoms with Crippen LogP contribution < -0.4 is 10.1 Å². The molecule has 0 amide bonds. The van der Waals surface area contributed by atoms with Crippen LogP contribution in [0.25, 0.3) is 0 Å². The molecule has 0 radical (unpaired) electrons. The van der Waals surface area contributed by atoms with E-state index in [0.717, 1.165) is 16.7 Å². The molecule has 0 aliphatic rings. The lowest BCUT2D eigenvalue weighted by Crippen LogP contribution is -2.05. The van der Waals surface area contributed by atoms with E-state index < -0.39 is 11.9 Å². The van der Waals surface area contributed by atoms with E-state index in [1.807, 2.05) is 0 Å². The third kappa shape index (κ3) is 2.92. The van der Waals surface area contributed by atoms with Crippen molar-refractivity contribution in [2.45, 2.75) is 6.18 Å². The molecule has 0 fully saturated rings. The molecule has 1 aromatic carbocycles. The highest BCUT2D eigenvalue weighted by molar-refractivity contribution is 7.13. The lowest BCUT2D eigenvalue weighted by molar-refractivity contribution is -0.140. The molecule has 0 saturated carbocycles. The van der Waals surface area contributed by atoms with E-state index >= 15 is 0 Å². The minimum absolute atomic E-state index is 0.190. The Morgan fingerprint density at radius 1 is 1.33 bits per heavy atom. The first-order valence-corrected chi connectivity index (χ1v) is 5.81. The van der Waals surface area contributed by atoms with Crippen LogP contribution >= 0.6 is 11.3 Å². The van der Waals surface area contributed by atoms with E-state index in [1.54, 1.807) is 24.3 Å². The summed E-state index contributed by atoms with van der Waals surface area (Å²) < 4.78 is 42.1. The molecule has 2 aromatic rings. The summed E-state index contributed by atoms with van der Waals surface area (Å²) in [6.07, 6.45) is -4.41. The number of thiazole rings is 1. The lowest BCUT2D eigenvalue weighted by atomic mass is 10.3. The number of rotatable bonds is 3. The summed E-state index contributed by atoms with van der Waals surface area (Å²) in [4.78, 5) is 3.47. The van der Waals surface area contributed by atoms with Crippen molar-refractivity contribution in [2.75, 3.05) is 12.4 Å². The molecule has 0 bridgehead atoms. The molecule has 1 N–H and O–H groups in total. The highest BCUT2D eigenvalue weighted by Gasteiger charge is 2.33. The highest BCUT2D eigenvalue weighted by atomic mass is 32.1. The van der Waals surface area contributed by atoms with Gasteiger partial charge in [-0.1, -0.05) is 6.07 Å². The van der Waals surface area contributed by atoms with Gasteiger partial charge < -0.3 is 10.1 Å². The topological polar surface area (TPSA) is 34.1 Å². The van der Waals surface area contributed by atoms with Gasteiger partial charge in [-0.2, -0.15) is 13.2 Å². The number of nitrogens with zero attached hydrogens (tertiary/aromatic N) is 1. The van der Waals surface area contributed by atoms with Gasteiger partial charge in [0.15, 0.2) is 10.8 Å². The van der Waals surface area contributed by atoms with Crippen molar-refractivity contribution in [3.63, 3.8) is 0 Å². The zero-order valence-corrected chi connectivity index (χ0v) is 10.1. The number of nitrogens with one attached hydrogen (secondary N) is 1. The van der Waals surface area contributed by atoms with Gasteiger partial charge in [-0.3, -0.25) is 0 Å². The number of methoxy groups -OCH3 is 1. The van der Waals surface area contributed by atoms with Crippen molar-refractivity contribution in [3.8, 4) is 5.75 Å². The molecule has 0 atom stereocenters. The predicted octanol–water partition coefficient (Wildman–Crippen LogP) is 3.91. The van der Waals surface area contributed by atoms with Gasteiger partial charge in [-0.05, 0) is 12.1 Å². The smallest absolute Gasteiger partial charge is 0.434 e. The van der Waals surface area contributed by atoms with Crippen molar-refractivity contribution >= 4 is 22.2 Å². The van der Waals surface area contributed by atoms with Crippen molar-refractivity contribution in [3.05, 3.63) is 35.3 Å². The summed E-state index contributed by atoms with van der Waals surface area (Å²) in [6, 6.07) is 6.87. The Morgan fingerprint density at radius 3 is 2.72 bits per heavy atom. The zero-order chi connectivity index (χ0) is 13.2. The molecule has 96 valence electrons. The molecule has 0 aliphatic heterocycles. The maximum Gasteiger partial charge on any atom is 0.434 e. The average Bonchev–Trinajstić information content (AvgIpc) is 2.77. The quantitative estimate of drug-likeness (QED) is 0.921. The number of hydrogen-bond acceptors (Lipinski definition) is 4. The van der Waals surface area contributed by atoms with E-state index in [0.29, 0.717) is 11.4 Å². The first kappa shape index (κ1) is 12.7. The standard InChI is InChI=1S/C11H9F3N2OS/c1-17-8-4-2-3-7(5-8)15-10-16-9(6-18-10)11(12,13)14/h2-6H,1H3,(H,15,16). The zero-order valence-electron chi connectivity index (χ0n) is 9.28. The Hall–Kier alpha value is -1.76. The molecule has 7 heteroatoms. The second-order valence-electron chi connectivity index (χ2n) is 3.39. The summed E-state index contributed by atoms with van der Waals surface area (Å²) in [5, 5.41) is 3.96. The van der Waals surface area contributed by atoms with Gasteiger partial charge in [-0.25, -0.2) is 4.98 Å². The third-order valence-electron chi connectivity index (χ3n) is 2.12. The van der Waals surface area contributed by atoms with E-state index in [-0.39, 0.29) is 5.13 Å². The van der Waals surface area contributed by atoms with E-state index in [2.05, 4.69) is 10.3 Å². The predicted molar refractivity (Wildman–Crippen MR) is 63.4 cm³/mol. The van der Waals surface area contributed by atoms with Crippen molar-refractivity contribution in [1.29, 1.82) is 0 Å². The van der Waals surface area contributed by atoms with Crippen LogP contribution in [-0.4, -0.2) is 12.1 Å². The van der Waals surface area contributed by atoms with Crippen molar-refractivity contribution in [1.82, 2.24) is 4.98 Å². The molecule has 18 heavy (non-hydrogen) atoms. The van der Waals surface area contributed by atoms with Crippen molar-refractivity contribution in [2.24, 2.45) is 0 Å². The molecule has 0 saturated heterocycles. The first-order chi connectivity index (χ1) is 8.49. The van der Waals surface area contributed by atoms with Crippen LogP contribution in [0.1, 0.15) is 5.69 Å². The van der Waals surface area contributed by atoms with E-state index in [9.17, 15) is 13.2 Å². The summed E-state index contributed by atoms with van der Waals surface area (Å²) in [5.41, 5.74) is -0.268. The number of anilines is 2. The molecule has 3 nitrogen and oxygen atoms in total. The minimum atomic E-state index is -4.41. The lowest BCUT2D eigenvalue weighted by Gasteiger charge is -2.05. The van der Waals surface area contributed by atoms with Gasteiger partial charge >= 0.3 is 6.18 Å². The SMILES string of the molecule is COc1cccc(Nc2nc(C(F)(F)F)cs2)c1. The number of ether oxygens (including phenoxy) is 1. The number of hydrogen-bond donors (Lipinski definition) is 1. The number of aromatic nitrogens is 1. The van der Waals surface area contributed by atoms with Crippen LogP contribution in [-0.2, 0) is 6.18 Å². The fourth-order valence-electron chi connectivity index (χ4n) is 1.29. The average molecular weight is 274 g/mol. The molecule has 0 unspecified atom stereocenters. The monoisotopic (exact) mass is 274 g/mol. The van der Waals surface area contributed by atoms with Crippen LogP contribution in [0.4, 0.5) is 24.0 Å². The van der Waals surface area contributed by atoms with Gasteiger partial charge in [0.1, 0.15) is 5.75 Å². The van der Waals surface area contributed by atoms with E-state index in [1.165, 1.54) is 7.11 Å². The molecule has 1 heterocycles. The van der Waals surface area contributed by atoms with Gasteiger partial charge in [0, 0.05) is 17.1 Å². The minimum Gasteiger partial charge on any atom is -0.497 e. The molecular formula is C11H9F3N2OS. The molecular weight excluding hydrogens is 265 g/mol.